The standard InChI is InChI=1S/C7H7FN3O2S/c8-1-2-13-11-5(3-12)6-4-14-7(9)10-6/h4H,1-2H2,(H2,9,10)/b11-5+. The van der Waals surface area contributed by atoms with Gasteiger partial charge in [0.1, 0.15) is 19.0 Å². The predicted molar refractivity (Wildman–Crippen MR) is 50.7 cm³/mol. The minimum atomic E-state index is -0.672. The van der Waals surface area contributed by atoms with Crippen molar-refractivity contribution in [1.29, 1.82) is 0 Å². The number of aromatic nitrogens is 1. The van der Waals surface area contributed by atoms with Crippen molar-refractivity contribution in [3.8, 4) is 0 Å². The molecule has 0 amide bonds. The van der Waals surface area contributed by atoms with Gasteiger partial charge in [0.2, 0.25) is 0 Å². The van der Waals surface area contributed by atoms with Crippen LogP contribution in [0.1, 0.15) is 5.69 Å². The van der Waals surface area contributed by atoms with E-state index in [0.29, 0.717) is 5.13 Å². The quantitative estimate of drug-likeness (QED) is 0.442. The average molecular weight is 216 g/mol. The highest BCUT2D eigenvalue weighted by Crippen LogP contribution is 2.11. The number of nitrogens with two attached hydrogens (primary N) is 1. The Hall–Kier alpha value is -1.50. The van der Waals surface area contributed by atoms with E-state index < -0.39 is 6.67 Å². The monoisotopic (exact) mass is 216 g/mol. The second kappa shape index (κ2) is 5.28. The van der Waals surface area contributed by atoms with Crippen molar-refractivity contribution >= 4 is 28.5 Å². The van der Waals surface area contributed by atoms with Crippen LogP contribution in [0.15, 0.2) is 10.5 Å². The molecule has 2 N–H and O–H groups in total. The molecule has 75 valence electrons. The summed E-state index contributed by atoms with van der Waals surface area (Å²) in [5, 5.41) is 5.21. The molecule has 0 fully saturated rings. The summed E-state index contributed by atoms with van der Waals surface area (Å²) in [6, 6.07) is 0. The first kappa shape index (κ1) is 10.6. The maximum atomic E-state index is 11.6. The molecule has 1 aromatic rings. The molecule has 1 aromatic heterocycles. The smallest absolute Gasteiger partial charge is 0.259 e. The number of anilines is 1. The number of halogens is 1. The summed E-state index contributed by atoms with van der Waals surface area (Å²) in [7, 11) is 0. The number of carbonyl (C=O) groups excluding carboxylic acids is 1. The van der Waals surface area contributed by atoms with Crippen molar-refractivity contribution in [2.45, 2.75) is 0 Å². The summed E-state index contributed by atoms with van der Waals surface area (Å²) in [5.74, 6) is 0. The molecule has 1 radical (unpaired) electrons. The van der Waals surface area contributed by atoms with Gasteiger partial charge in [-0.15, -0.1) is 11.3 Å². The zero-order valence-electron chi connectivity index (χ0n) is 7.07. The van der Waals surface area contributed by atoms with Crippen LogP contribution < -0.4 is 5.73 Å². The molecule has 0 aliphatic carbocycles. The van der Waals surface area contributed by atoms with Crippen LogP contribution in [0.2, 0.25) is 0 Å². The van der Waals surface area contributed by atoms with Crippen molar-refractivity contribution < 1.29 is 14.0 Å². The number of nitrogens with zero attached hydrogens (tertiary/aromatic N) is 2. The molecule has 1 heterocycles. The minimum absolute atomic E-state index is 0.119. The van der Waals surface area contributed by atoms with Crippen molar-refractivity contribution in [3.63, 3.8) is 0 Å². The first-order valence-corrected chi connectivity index (χ1v) is 4.51. The van der Waals surface area contributed by atoms with E-state index in [1.165, 1.54) is 11.7 Å². The Bertz CT molecular complexity index is 339. The number of rotatable bonds is 5. The number of nitrogen functional groups attached to an aromatic ring is 1. The first-order valence-electron chi connectivity index (χ1n) is 3.63. The molecule has 5 nitrogen and oxygen atoms in total. The summed E-state index contributed by atoms with van der Waals surface area (Å²) < 4.78 is 11.6. The summed E-state index contributed by atoms with van der Waals surface area (Å²) in [4.78, 5) is 18.7. The largest absolute Gasteiger partial charge is 0.392 e. The lowest BCUT2D eigenvalue weighted by Gasteiger charge is -1.94. The Morgan fingerprint density at radius 2 is 2.64 bits per heavy atom. The normalized spacial score (nSPS) is 11.4. The Balaban J connectivity index is 2.71. The molecular weight excluding hydrogens is 209 g/mol. The molecular formula is C7H7FN3O2S. The zero-order chi connectivity index (χ0) is 10.4. The fourth-order valence-electron chi connectivity index (χ4n) is 0.659. The second-order valence-electron chi connectivity index (χ2n) is 2.14. The van der Waals surface area contributed by atoms with Gasteiger partial charge in [0.15, 0.2) is 10.8 Å². The maximum Gasteiger partial charge on any atom is 0.259 e. The van der Waals surface area contributed by atoms with Gasteiger partial charge in [0, 0.05) is 5.38 Å². The maximum absolute atomic E-state index is 11.6. The first-order chi connectivity index (χ1) is 6.77. The van der Waals surface area contributed by atoms with E-state index in [9.17, 15) is 9.18 Å². The average Bonchev–Trinajstić information content (AvgIpc) is 2.60. The highest BCUT2D eigenvalue weighted by atomic mass is 32.1. The van der Waals surface area contributed by atoms with Crippen LogP contribution in [0, 0.1) is 0 Å². The van der Waals surface area contributed by atoms with Gasteiger partial charge in [-0.3, -0.25) is 4.79 Å². The third-order valence-corrected chi connectivity index (χ3v) is 1.86. The van der Waals surface area contributed by atoms with Crippen molar-refractivity contribution in [2.24, 2.45) is 5.16 Å². The van der Waals surface area contributed by atoms with E-state index in [4.69, 9.17) is 5.73 Å². The SMILES string of the molecule is Nc1nc(/C([C]=O)=N/OCCF)cs1. The van der Waals surface area contributed by atoms with Gasteiger partial charge < -0.3 is 10.6 Å². The summed E-state index contributed by atoms with van der Waals surface area (Å²) in [6.45, 7) is -0.875. The van der Waals surface area contributed by atoms with Crippen molar-refractivity contribution in [1.82, 2.24) is 4.98 Å². The number of hydrogen-bond donors (Lipinski definition) is 1. The van der Waals surface area contributed by atoms with Crippen LogP contribution in [0.5, 0.6) is 0 Å². The van der Waals surface area contributed by atoms with E-state index >= 15 is 0 Å². The van der Waals surface area contributed by atoms with Crippen molar-refractivity contribution in [3.05, 3.63) is 11.1 Å². The van der Waals surface area contributed by atoms with Crippen LogP contribution in [0.25, 0.3) is 0 Å². The van der Waals surface area contributed by atoms with Crippen molar-refractivity contribution in [2.75, 3.05) is 19.0 Å². The van der Waals surface area contributed by atoms with Crippen LogP contribution >= 0.6 is 11.3 Å². The topological polar surface area (TPSA) is 77.6 Å². The number of alkyl halides is 1. The Kier molecular flexibility index (Phi) is 3.99. The van der Waals surface area contributed by atoms with Gasteiger partial charge >= 0.3 is 0 Å². The highest BCUT2D eigenvalue weighted by Gasteiger charge is 2.08. The van der Waals surface area contributed by atoms with Gasteiger partial charge in [-0.05, 0) is 0 Å². The van der Waals surface area contributed by atoms with Gasteiger partial charge in [0.25, 0.3) is 6.29 Å². The van der Waals surface area contributed by atoms with E-state index in [0.717, 1.165) is 11.3 Å². The number of hydrogen-bond acceptors (Lipinski definition) is 6. The van der Waals surface area contributed by atoms with E-state index in [-0.39, 0.29) is 18.0 Å². The van der Waals surface area contributed by atoms with E-state index in [2.05, 4.69) is 15.0 Å². The van der Waals surface area contributed by atoms with E-state index in [1.54, 1.807) is 0 Å². The van der Waals surface area contributed by atoms with Crippen LogP contribution in [-0.2, 0) is 9.63 Å². The molecule has 1 rings (SSSR count). The second-order valence-corrected chi connectivity index (χ2v) is 3.02. The summed E-state index contributed by atoms with van der Waals surface area (Å²) >= 11 is 1.16. The lowest BCUT2D eigenvalue weighted by molar-refractivity contribution is 0.128. The van der Waals surface area contributed by atoms with Crippen LogP contribution in [-0.4, -0.2) is 30.3 Å². The molecule has 0 spiro atoms. The molecule has 0 aliphatic heterocycles. The lowest BCUT2D eigenvalue weighted by Crippen LogP contribution is -2.05. The van der Waals surface area contributed by atoms with E-state index in [1.807, 2.05) is 0 Å². The lowest BCUT2D eigenvalue weighted by atomic mass is 10.3. The molecule has 0 aromatic carbocycles. The molecule has 0 bridgehead atoms. The van der Waals surface area contributed by atoms with Gasteiger partial charge in [0.05, 0.1) is 0 Å². The van der Waals surface area contributed by atoms with Crippen LogP contribution in [0.4, 0.5) is 9.52 Å². The molecule has 0 saturated heterocycles. The minimum Gasteiger partial charge on any atom is -0.392 e. The van der Waals surface area contributed by atoms with Crippen LogP contribution in [0.3, 0.4) is 0 Å². The Morgan fingerprint density at radius 1 is 1.86 bits per heavy atom. The molecule has 14 heavy (non-hydrogen) atoms. The third kappa shape index (κ3) is 2.77. The molecule has 0 aliphatic rings. The Labute approximate surface area is 83.4 Å². The fourth-order valence-corrected chi connectivity index (χ4v) is 1.21. The summed E-state index contributed by atoms with van der Waals surface area (Å²) in [5.41, 5.74) is 5.51. The number of oxime groups is 1. The fraction of sp³-hybridized carbons (Fsp3) is 0.286. The highest BCUT2D eigenvalue weighted by molar-refractivity contribution is 7.13. The molecule has 0 unspecified atom stereocenters. The predicted octanol–water partition coefficient (Wildman–Crippen LogP) is 0.525. The third-order valence-electron chi connectivity index (χ3n) is 1.19. The summed E-state index contributed by atoms with van der Waals surface area (Å²) in [6.07, 6.45) is 1.53. The Morgan fingerprint density at radius 3 is 3.14 bits per heavy atom. The van der Waals surface area contributed by atoms with Gasteiger partial charge in [-0.1, -0.05) is 5.16 Å². The van der Waals surface area contributed by atoms with Gasteiger partial charge in [-0.2, -0.15) is 0 Å². The molecule has 0 saturated carbocycles. The van der Waals surface area contributed by atoms with Gasteiger partial charge in [-0.25, -0.2) is 9.37 Å². The molecule has 0 atom stereocenters. The number of thiazole rings is 1. The zero-order valence-corrected chi connectivity index (χ0v) is 7.88. The molecule has 7 heteroatoms.